The molecule has 2 N–H and O–H groups in total. The number of nitrogens with one attached hydrogen (secondary N) is 1. The second-order valence-corrected chi connectivity index (χ2v) is 5.51. The number of rotatable bonds is 6. The van der Waals surface area contributed by atoms with Gasteiger partial charge < -0.3 is 15.0 Å². The fourth-order valence-corrected chi connectivity index (χ4v) is 3.10. The van der Waals surface area contributed by atoms with Crippen molar-refractivity contribution >= 4 is 0 Å². The number of hydrogen-bond acceptors (Lipinski definition) is 2. The van der Waals surface area contributed by atoms with Gasteiger partial charge in [-0.1, -0.05) is 19.3 Å². The highest BCUT2D eigenvalue weighted by Crippen LogP contribution is 2.27. The smallest absolute Gasteiger partial charge is 0.0445 e. The SMILES string of the molecule is Cn1cccc1CNC(CCO)C1CCCCC1. The van der Waals surface area contributed by atoms with Crippen molar-refractivity contribution in [3.63, 3.8) is 0 Å². The Bertz CT molecular complexity index is 342. The third kappa shape index (κ3) is 3.59. The van der Waals surface area contributed by atoms with E-state index in [1.54, 1.807) is 0 Å². The van der Waals surface area contributed by atoms with E-state index in [1.165, 1.54) is 37.8 Å². The van der Waals surface area contributed by atoms with E-state index in [1.807, 2.05) is 0 Å². The summed E-state index contributed by atoms with van der Waals surface area (Å²) in [4.78, 5) is 0. The number of aromatic nitrogens is 1. The molecule has 1 aromatic rings. The van der Waals surface area contributed by atoms with E-state index in [4.69, 9.17) is 0 Å². The largest absolute Gasteiger partial charge is 0.396 e. The molecule has 0 aliphatic heterocycles. The maximum absolute atomic E-state index is 9.23. The van der Waals surface area contributed by atoms with Gasteiger partial charge in [-0.05, 0) is 37.3 Å². The first kappa shape index (κ1) is 13.6. The minimum atomic E-state index is 0.293. The summed E-state index contributed by atoms with van der Waals surface area (Å²) in [5.41, 5.74) is 1.31. The molecule has 0 aromatic carbocycles. The molecule has 1 aliphatic carbocycles. The summed E-state index contributed by atoms with van der Waals surface area (Å²) in [5, 5.41) is 12.9. The molecule has 1 aromatic heterocycles. The predicted molar refractivity (Wildman–Crippen MR) is 74.3 cm³/mol. The van der Waals surface area contributed by atoms with Crippen LogP contribution < -0.4 is 5.32 Å². The van der Waals surface area contributed by atoms with Gasteiger partial charge in [0.2, 0.25) is 0 Å². The van der Waals surface area contributed by atoms with Crippen LogP contribution in [0.25, 0.3) is 0 Å². The summed E-state index contributed by atoms with van der Waals surface area (Å²) in [6, 6.07) is 4.72. The van der Waals surface area contributed by atoms with Crippen molar-refractivity contribution in [1.82, 2.24) is 9.88 Å². The first-order valence-electron chi connectivity index (χ1n) is 7.25. The molecule has 0 saturated heterocycles. The van der Waals surface area contributed by atoms with Crippen LogP contribution in [0.5, 0.6) is 0 Å². The van der Waals surface area contributed by atoms with Crippen LogP contribution in [0.3, 0.4) is 0 Å². The maximum Gasteiger partial charge on any atom is 0.0445 e. The normalized spacial score (nSPS) is 19.0. The lowest BCUT2D eigenvalue weighted by molar-refractivity contribution is 0.205. The van der Waals surface area contributed by atoms with E-state index >= 15 is 0 Å². The Hall–Kier alpha value is -0.800. The van der Waals surface area contributed by atoms with Crippen molar-refractivity contribution in [2.24, 2.45) is 13.0 Å². The summed E-state index contributed by atoms with van der Waals surface area (Å²) in [5.74, 6) is 0.756. The van der Waals surface area contributed by atoms with Gasteiger partial charge in [-0.15, -0.1) is 0 Å². The molecule has 1 unspecified atom stereocenters. The molecule has 3 nitrogen and oxygen atoms in total. The Labute approximate surface area is 110 Å². The number of aliphatic hydroxyl groups is 1. The highest BCUT2D eigenvalue weighted by Gasteiger charge is 2.22. The molecule has 0 spiro atoms. The molecule has 1 aliphatic rings. The van der Waals surface area contributed by atoms with Crippen molar-refractivity contribution in [3.8, 4) is 0 Å². The zero-order valence-electron chi connectivity index (χ0n) is 11.4. The van der Waals surface area contributed by atoms with Crippen LogP contribution in [-0.4, -0.2) is 22.3 Å². The Morgan fingerprint density at radius 1 is 1.39 bits per heavy atom. The van der Waals surface area contributed by atoms with Crippen LogP contribution in [0.15, 0.2) is 18.3 Å². The summed E-state index contributed by atoms with van der Waals surface area (Å²) >= 11 is 0. The zero-order chi connectivity index (χ0) is 12.8. The van der Waals surface area contributed by atoms with Crippen LogP contribution in [0.4, 0.5) is 0 Å². The highest BCUT2D eigenvalue weighted by molar-refractivity contribution is 5.06. The van der Waals surface area contributed by atoms with E-state index in [0.717, 1.165) is 18.9 Å². The van der Waals surface area contributed by atoms with Gasteiger partial charge in [0.25, 0.3) is 0 Å². The van der Waals surface area contributed by atoms with Gasteiger partial charge in [0.05, 0.1) is 0 Å². The van der Waals surface area contributed by atoms with Crippen LogP contribution >= 0.6 is 0 Å². The molecular formula is C15H26N2O. The third-order valence-electron chi connectivity index (χ3n) is 4.26. The van der Waals surface area contributed by atoms with Gasteiger partial charge in [-0.2, -0.15) is 0 Å². The lowest BCUT2D eigenvalue weighted by atomic mass is 9.82. The summed E-state index contributed by atoms with van der Waals surface area (Å²) in [6.07, 6.45) is 9.72. The van der Waals surface area contributed by atoms with E-state index in [-0.39, 0.29) is 0 Å². The van der Waals surface area contributed by atoms with Gasteiger partial charge in [-0.25, -0.2) is 0 Å². The molecule has 1 fully saturated rings. The minimum Gasteiger partial charge on any atom is -0.396 e. The maximum atomic E-state index is 9.23. The fraction of sp³-hybridized carbons (Fsp3) is 0.733. The molecule has 1 saturated carbocycles. The first-order valence-corrected chi connectivity index (χ1v) is 7.25. The second kappa shape index (κ2) is 6.95. The van der Waals surface area contributed by atoms with Gasteiger partial charge in [0.1, 0.15) is 0 Å². The van der Waals surface area contributed by atoms with Crippen LogP contribution in [0, 0.1) is 5.92 Å². The summed E-state index contributed by atoms with van der Waals surface area (Å²) in [6.45, 7) is 1.20. The molecule has 0 amide bonds. The quantitative estimate of drug-likeness (QED) is 0.813. The van der Waals surface area contributed by atoms with Gasteiger partial charge in [0, 0.05) is 38.1 Å². The van der Waals surface area contributed by atoms with Crippen molar-refractivity contribution in [3.05, 3.63) is 24.0 Å². The molecule has 3 heteroatoms. The Balaban J connectivity index is 1.87. The van der Waals surface area contributed by atoms with E-state index in [9.17, 15) is 5.11 Å². The van der Waals surface area contributed by atoms with Crippen LogP contribution in [-0.2, 0) is 13.6 Å². The standard InChI is InChI=1S/C15H26N2O/c1-17-10-5-8-14(17)12-16-15(9-11-18)13-6-3-2-4-7-13/h5,8,10,13,15-16,18H,2-4,6-7,9,11-12H2,1H3. The number of hydrogen-bond donors (Lipinski definition) is 2. The van der Waals surface area contributed by atoms with Crippen molar-refractivity contribution in [2.75, 3.05) is 6.61 Å². The lowest BCUT2D eigenvalue weighted by Gasteiger charge is -2.31. The number of aliphatic hydroxyl groups excluding tert-OH is 1. The van der Waals surface area contributed by atoms with Crippen molar-refractivity contribution in [2.45, 2.75) is 51.1 Å². The highest BCUT2D eigenvalue weighted by atomic mass is 16.3. The van der Waals surface area contributed by atoms with E-state index in [0.29, 0.717) is 12.6 Å². The number of nitrogens with zero attached hydrogens (tertiary/aromatic N) is 1. The Kier molecular flexibility index (Phi) is 5.26. The first-order chi connectivity index (χ1) is 8.81. The molecule has 1 heterocycles. The second-order valence-electron chi connectivity index (χ2n) is 5.51. The van der Waals surface area contributed by atoms with Crippen molar-refractivity contribution in [1.29, 1.82) is 0 Å². The number of aryl methyl sites for hydroxylation is 1. The molecule has 2 rings (SSSR count). The van der Waals surface area contributed by atoms with E-state index < -0.39 is 0 Å². The predicted octanol–water partition coefficient (Wildman–Crippen LogP) is 2.45. The average molecular weight is 250 g/mol. The lowest BCUT2D eigenvalue weighted by Crippen LogP contribution is -2.38. The monoisotopic (exact) mass is 250 g/mol. The van der Waals surface area contributed by atoms with Crippen molar-refractivity contribution < 1.29 is 5.11 Å². The van der Waals surface area contributed by atoms with Gasteiger partial charge in [-0.3, -0.25) is 0 Å². The molecule has 0 radical (unpaired) electrons. The van der Waals surface area contributed by atoms with Crippen LogP contribution in [0.1, 0.15) is 44.2 Å². The zero-order valence-corrected chi connectivity index (χ0v) is 11.4. The topological polar surface area (TPSA) is 37.2 Å². The molecule has 18 heavy (non-hydrogen) atoms. The molecule has 102 valence electrons. The molecule has 1 atom stereocenters. The third-order valence-corrected chi connectivity index (χ3v) is 4.26. The van der Waals surface area contributed by atoms with Crippen LogP contribution in [0.2, 0.25) is 0 Å². The van der Waals surface area contributed by atoms with E-state index in [2.05, 4.69) is 35.3 Å². The molecule has 0 bridgehead atoms. The summed E-state index contributed by atoms with van der Waals surface area (Å²) < 4.78 is 2.16. The minimum absolute atomic E-state index is 0.293. The van der Waals surface area contributed by atoms with Gasteiger partial charge in [0.15, 0.2) is 0 Å². The summed E-state index contributed by atoms with van der Waals surface area (Å²) in [7, 11) is 2.08. The average Bonchev–Trinajstić information content (AvgIpc) is 2.81. The molecular weight excluding hydrogens is 224 g/mol. The Morgan fingerprint density at radius 2 is 2.17 bits per heavy atom. The van der Waals surface area contributed by atoms with Gasteiger partial charge >= 0.3 is 0 Å². The Morgan fingerprint density at radius 3 is 2.78 bits per heavy atom. The fourth-order valence-electron chi connectivity index (χ4n) is 3.10.